The maximum Gasteiger partial charge on any atom is 0.226 e. The molecule has 0 radical (unpaired) electrons. The molecular formula is C26H34ClFN4O2S. The van der Waals surface area contributed by atoms with E-state index in [1.807, 2.05) is 6.26 Å². The van der Waals surface area contributed by atoms with Gasteiger partial charge in [0.1, 0.15) is 11.6 Å². The molecule has 190 valence electrons. The molecular weight excluding hydrogens is 487 g/mol. The summed E-state index contributed by atoms with van der Waals surface area (Å²) >= 11 is 7.58. The van der Waals surface area contributed by atoms with Crippen LogP contribution in [0.1, 0.15) is 31.2 Å². The minimum absolute atomic E-state index is 0.0714. The smallest absolute Gasteiger partial charge is 0.226 e. The Hall–Kier alpha value is -2.06. The fourth-order valence-corrected chi connectivity index (χ4v) is 5.47. The summed E-state index contributed by atoms with van der Waals surface area (Å²) in [7, 11) is 1.76. The number of piperidine rings is 1. The highest BCUT2D eigenvalue weighted by Crippen LogP contribution is 2.49. The lowest BCUT2D eigenvalue weighted by molar-refractivity contribution is -0.128. The predicted octanol–water partition coefficient (Wildman–Crippen LogP) is 4.95. The topological polar surface area (TPSA) is 58.6 Å². The van der Waals surface area contributed by atoms with Crippen molar-refractivity contribution in [2.75, 3.05) is 50.2 Å². The summed E-state index contributed by atoms with van der Waals surface area (Å²) in [6.07, 6.45) is 9.94. The first-order valence-corrected chi connectivity index (χ1v) is 14.1. The third-order valence-corrected chi connectivity index (χ3v) is 7.98. The number of carbonyl (C=O) groups excluding carboxylic acids is 1. The number of benzene rings is 1. The third-order valence-electron chi connectivity index (χ3n) is 7.19. The van der Waals surface area contributed by atoms with Crippen LogP contribution in [0.2, 0.25) is 5.02 Å². The van der Waals surface area contributed by atoms with Crippen LogP contribution in [-0.4, -0.2) is 66.1 Å². The van der Waals surface area contributed by atoms with E-state index >= 15 is 0 Å². The molecule has 2 atom stereocenters. The number of amides is 1. The van der Waals surface area contributed by atoms with Crippen LogP contribution in [0.15, 0.2) is 30.6 Å². The van der Waals surface area contributed by atoms with Crippen molar-refractivity contribution in [2.45, 2.75) is 32.1 Å². The summed E-state index contributed by atoms with van der Waals surface area (Å²) < 4.78 is 20.4. The summed E-state index contributed by atoms with van der Waals surface area (Å²) in [4.78, 5) is 24.8. The summed E-state index contributed by atoms with van der Waals surface area (Å²) in [5.41, 5.74) is 0.413. The van der Waals surface area contributed by atoms with Gasteiger partial charge in [-0.05, 0) is 61.3 Å². The van der Waals surface area contributed by atoms with E-state index in [1.165, 1.54) is 12.5 Å². The molecule has 1 amide bonds. The minimum atomic E-state index is -0.380. The van der Waals surface area contributed by atoms with E-state index in [-0.39, 0.29) is 18.1 Å². The number of likely N-dealkylation sites (N-methyl/N-ethyl adjacent to an activating group) is 1. The van der Waals surface area contributed by atoms with Crippen LogP contribution >= 0.6 is 23.4 Å². The molecule has 6 nitrogen and oxygen atoms in total. The average Bonchev–Trinajstić information content (AvgIpc) is 3.64. The van der Waals surface area contributed by atoms with Crippen LogP contribution in [0.25, 0.3) is 0 Å². The van der Waals surface area contributed by atoms with Crippen molar-refractivity contribution >= 4 is 35.2 Å². The van der Waals surface area contributed by atoms with Gasteiger partial charge in [-0.1, -0.05) is 17.7 Å². The largest absolute Gasteiger partial charge is 0.493 e. The second-order valence-electron chi connectivity index (χ2n) is 9.56. The number of anilines is 1. The minimum Gasteiger partial charge on any atom is -0.493 e. The Balaban J connectivity index is 1.16. The van der Waals surface area contributed by atoms with Gasteiger partial charge in [0.15, 0.2) is 0 Å². The Bertz CT molecular complexity index is 988. The highest BCUT2D eigenvalue weighted by Gasteiger charge is 2.43. The van der Waals surface area contributed by atoms with Gasteiger partial charge in [-0.2, -0.15) is 11.8 Å². The van der Waals surface area contributed by atoms with E-state index in [2.05, 4.69) is 14.9 Å². The van der Waals surface area contributed by atoms with E-state index in [0.717, 1.165) is 55.9 Å². The first-order valence-electron chi connectivity index (χ1n) is 12.3. The second kappa shape index (κ2) is 12.3. The Morgan fingerprint density at radius 3 is 2.71 bits per heavy atom. The van der Waals surface area contributed by atoms with E-state index in [4.69, 9.17) is 16.3 Å². The van der Waals surface area contributed by atoms with Gasteiger partial charge in [0.05, 0.1) is 30.4 Å². The molecule has 2 aliphatic rings. The van der Waals surface area contributed by atoms with Gasteiger partial charge in [-0.25, -0.2) is 14.4 Å². The molecule has 35 heavy (non-hydrogen) atoms. The Morgan fingerprint density at radius 1 is 1.29 bits per heavy atom. The lowest BCUT2D eigenvalue weighted by atomic mass is 9.90. The molecule has 0 N–H and O–H groups in total. The quantitative estimate of drug-likeness (QED) is 0.417. The molecule has 0 spiro atoms. The summed E-state index contributed by atoms with van der Waals surface area (Å²) in [6, 6.07) is 4.85. The van der Waals surface area contributed by atoms with Crippen molar-refractivity contribution in [3.63, 3.8) is 0 Å². The number of ether oxygens (including phenoxy) is 1. The summed E-state index contributed by atoms with van der Waals surface area (Å²) in [5.74, 6) is 3.91. The lowest BCUT2D eigenvalue weighted by Gasteiger charge is -2.32. The monoisotopic (exact) mass is 520 g/mol. The van der Waals surface area contributed by atoms with Gasteiger partial charge in [-0.3, -0.25) is 4.79 Å². The second-order valence-corrected chi connectivity index (χ2v) is 11.0. The van der Waals surface area contributed by atoms with Gasteiger partial charge in [0.2, 0.25) is 11.9 Å². The number of thioether (sulfide) groups is 1. The van der Waals surface area contributed by atoms with Crippen molar-refractivity contribution in [2.24, 2.45) is 17.8 Å². The zero-order chi connectivity index (χ0) is 24.8. The molecule has 9 heteroatoms. The van der Waals surface area contributed by atoms with Crippen LogP contribution in [-0.2, 0) is 11.2 Å². The maximum atomic E-state index is 14.5. The SMILES string of the molecule is CSCCN(C)C(=O)Cc1ccc(OCCC2CC2C2CCN(c3ncc(Cl)cn3)CC2)cc1F. The van der Waals surface area contributed by atoms with Crippen molar-refractivity contribution < 1.29 is 13.9 Å². The number of rotatable bonds is 11. The summed E-state index contributed by atoms with van der Waals surface area (Å²) in [6.45, 7) is 3.22. The molecule has 1 aliphatic heterocycles. The van der Waals surface area contributed by atoms with Crippen LogP contribution in [0.5, 0.6) is 5.75 Å². The Morgan fingerprint density at radius 2 is 2.03 bits per heavy atom. The van der Waals surface area contributed by atoms with Gasteiger partial charge in [0.25, 0.3) is 0 Å². The first kappa shape index (κ1) is 26.0. The van der Waals surface area contributed by atoms with Crippen molar-refractivity contribution in [1.29, 1.82) is 0 Å². The van der Waals surface area contributed by atoms with E-state index in [1.54, 1.807) is 48.2 Å². The molecule has 1 aromatic heterocycles. The number of halogens is 2. The molecule has 2 aromatic rings. The number of carbonyl (C=O) groups is 1. The average molecular weight is 521 g/mol. The molecule has 1 saturated heterocycles. The number of nitrogens with zero attached hydrogens (tertiary/aromatic N) is 4. The van der Waals surface area contributed by atoms with Crippen LogP contribution in [0.3, 0.4) is 0 Å². The van der Waals surface area contributed by atoms with Gasteiger partial charge in [-0.15, -0.1) is 0 Å². The fourth-order valence-electron chi connectivity index (χ4n) is 4.92. The zero-order valence-electron chi connectivity index (χ0n) is 20.5. The number of hydrogen-bond acceptors (Lipinski definition) is 6. The standard InChI is InChI=1S/C26H34ClFN4O2S/c1-31(10-12-35-2)25(33)14-20-3-4-22(15-24(20)28)34-11-7-19-13-23(19)18-5-8-32(9-6-18)26-29-16-21(27)17-30-26/h3-4,15-19,23H,5-14H2,1-2H3. The molecule has 0 bridgehead atoms. The van der Waals surface area contributed by atoms with Crippen molar-refractivity contribution in [1.82, 2.24) is 14.9 Å². The number of aromatic nitrogens is 2. The molecule has 1 aliphatic carbocycles. The molecule has 2 unspecified atom stereocenters. The van der Waals surface area contributed by atoms with Crippen LogP contribution in [0.4, 0.5) is 10.3 Å². The molecule has 2 fully saturated rings. The number of hydrogen-bond donors (Lipinski definition) is 0. The van der Waals surface area contributed by atoms with E-state index in [9.17, 15) is 9.18 Å². The normalized spacial score (nSPS) is 20.1. The van der Waals surface area contributed by atoms with Crippen LogP contribution in [0, 0.1) is 23.6 Å². The molecule has 2 heterocycles. The predicted molar refractivity (Wildman–Crippen MR) is 140 cm³/mol. The van der Waals surface area contributed by atoms with E-state index in [0.29, 0.717) is 35.4 Å². The fraction of sp³-hybridized carbons (Fsp3) is 0.577. The highest BCUT2D eigenvalue weighted by atomic mass is 35.5. The van der Waals surface area contributed by atoms with Gasteiger partial charge in [0, 0.05) is 38.5 Å². The molecule has 1 saturated carbocycles. The van der Waals surface area contributed by atoms with Gasteiger partial charge < -0.3 is 14.5 Å². The molecule has 1 aromatic carbocycles. The van der Waals surface area contributed by atoms with Gasteiger partial charge >= 0.3 is 0 Å². The Kier molecular flexibility index (Phi) is 9.11. The highest BCUT2D eigenvalue weighted by molar-refractivity contribution is 7.98. The third kappa shape index (κ3) is 7.23. The van der Waals surface area contributed by atoms with Crippen molar-refractivity contribution in [3.05, 3.63) is 47.0 Å². The maximum absolute atomic E-state index is 14.5. The first-order chi connectivity index (χ1) is 16.9. The van der Waals surface area contributed by atoms with Crippen molar-refractivity contribution in [3.8, 4) is 5.75 Å². The molecule has 4 rings (SSSR count). The summed E-state index contributed by atoms with van der Waals surface area (Å²) in [5, 5.41) is 0.561. The Labute approximate surface area is 216 Å². The lowest BCUT2D eigenvalue weighted by Crippen LogP contribution is -2.35. The zero-order valence-corrected chi connectivity index (χ0v) is 22.0. The van der Waals surface area contributed by atoms with E-state index < -0.39 is 0 Å². The van der Waals surface area contributed by atoms with Crippen LogP contribution < -0.4 is 9.64 Å².